The lowest BCUT2D eigenvalue weighted by Gasteiger charge is -2.26. The molecule has 2 rings (SSSR count). The molecule has 0 unspecified atom stereocenters. The molecular weight excluding hydrogens is 274 g/mol. The molecule has 0 radical (unpaired) electrons. The Morgan fingerprint density at radius 3 is 2.33 bits per heavy atom. The van der Waals surface area contributed by atoms with Crippen LogP contribution < -0.4 is 0 Å². The molecule has 0 amide bonds. The Hall–Kier alpha value is -0.920. The topological polar surface area (TPSA) is 71.5 Å². The quantitative estimate of drug-likeness (QED) is 0.791. The normalized spacial score (nSPS) is 20.7. The van der Waals surface area contributed by atoms with E-state index in [-0.39, 0.29) is 29.5 Å². The number of benzene rings is 1. The van der Waals surface area contributed by atoms with Gasteiger partial charge < -0.3 is 0 Å². The van der Waals surface area contributed by atoms with E-state index in [4.69, 9.17) is 0 Å². The molecular formula is C11H15NO4S2. The molecule has 1 fully saturated rings. The van der Waals surface area contributed by atoms with Gasteiger partial charge in [0, 0.05) is 13.1 Å². The minimum absolute atomic E-state index is 0.0403. The molecule has 1 heterocycles. The second kappa shape index (κ2) is 4.64. The third-order valence-corrected chi connectivity index (χ3v) is 6.43. The van der Waals surface area contributed by atoms with Gasteiger partial charge in [-0.05, 0) is 24.6 Å². The molecule has 0 bridgehead atoms. The number of rotatable bonds is 2. The van der Waals surface area contributed by atoms with Gasteiger partial charge in [0.2, 0.25) is 10.0 Å². The minimum Gasteiger partial charge on any atom is -0.229 e. The van der Waals surface area contributed by atoms with Crippen molar-refractivity contribution >= 4 is 19.9 Å². The van der Waals surface area contributed by atoms with Gasteiger partial charge in [0.25, 0.3) is 0 Å². The summed E-state index contributed by atoms with van der Waals surface area (Å²) in [5.74, 6) is -0.198. The first-order valence-corrected chi connectivity index (χ1v) is 8.85. The zero-order chi connectivity index (χ0) is 13.4. The summed E-state index contributed by atoms with van der Waals surface area (Å²) in [6, 6.07) is 6.63. The van der Waals surface area contributed by atoms with E-state index in [1.54, 1.807) is 12.1 Å². The lowest BCUT2D eigenvalue weighted by molar-refractivity contribution is 0.430. The van der Waals surface area contributed by atoms with Crippen molar-refractivity contribution in [3.05, 3.63) is 29.8 Å². The first kappa shape index (κ1) is 13.5. The molecule has 7 heteroatoms. The van der Waals surface area contributed by atoms with Gasteiger partial charge in [-0.15, -0.1) is 0 Å². The van der Waals surface area contributed by atoms with Crippen LogP contribution in [0.2, 0.25) is 0 Å². The Bertz CT molecular complexity index is 635. The Kier molecular flexibility index (Phi) is 3.48. The molecule has 0 N–H and O–H groups in total. The van der Waals surface area contributed by atoms with Gasteiger partial charge in [-0.25, -0.2) is 16.8 Å². The maximum absolute atomic E-state index is 12.3. The van der Waals surface area contributed by atoms with Crippen LogP contribution in [0.25, 0.3) is 0 Å². The minimum atomic E-state index is -3.57. The highest BCUT2D eigenvalue weighted by molar-refractivity contribution is 7.92. The highest BCUT2D eigenvalue weighted by Crippen LogP contribution is 2.19. The van der Waals surface area contributed by atoms with Crippen LogP contribution in [0.1, 0.15) is 5.56 Å². The van der Waals surface area contributed by atoms with E-state index >= 15 is 0 Å². The van der Waals surface area contributed by atoms with Gasteiger partial charge in [0.15, 0.2) is 9.84 Å². The molecule has 0 atom stereocenters. The third-order valence-electron chi connectivity index (χ3n) is 2.93. The smallest absolute Gasteiger partial charge is 0.229 e. The van der Waals surface area contributed by atoms with E-state index in [2.05, 4.69) is 0 Å². The molecule has 1 aromatic rings. The third kappa shape index (κ3) is 2.73. The van der Waals surface area contributed by atoms with Gasteiger partial charge in [0.05, 0.1) is 16.4 Å². The molecule has 1 aliphatic rings. The Labute approximate surface area is 107 Å². The number of sulfone groups is 1. The van der Waals surface area contributed by atoms with Gasteiger partial charge in [0.1, 0.15) is 0 Å². The average Bonchev–Trinajstić information content (AvgIpc) is 2.28. The monoisotopic (exact) mass is 289 g/mol. The van der Waals surface area contributed by atoms with Crippen molar-refractivity contribution in [1.82, 2.24) is 4.31 Å². The van der Waals surface area contributed by atoms with Crippen molar-refractivity contribution in [2.45, 2.75) is 11.8 Å². The molecule has 0 spiro atoms. The molecule has 18 heavy (non-hydrogen) atoms. The fraction of sp³-hybridized carbons (Fsp3) is 0.455. The zero-order valence-electron chi connectivity index (χ0n) is 10.0. The number of hydrogen-bond acceptors (Lipinski definition) is 4. The summed E-state index contributed by atoms with van der Waals surface area (Å²) in [6.45, 7) is 1.90. The molecule has 1 saturated heterocycles. The van der Waals surface area contributed by atoms with Crippen molar-refractivity contribution in [3.8, 4) is 0 Å². The first-order chi connectivity index (χ1) is 8.31. The molecule has 100 valence electrons. The van der Waals surface area contributed by atoms with E-state index in [0.29, 0.717) is 0 Å². The average molecular weight is 289 g/mol. The molecule has 0 aliphatic carbocycles. The lowest BCUT2D eigenvalue weighted by atomic mass is 10.2. The Balaban J connectivity index is 2.28. The zero-order valence-corrected chi connectivity index (χ0v) is 11.7. The van der Waals surface area contributed by atoms with Crippen molar-refractivity contribution in [2.75, 3.05) is 24.6 Å². The van der Waals surface area contributed by atoms with Crippen molar-refractivity contribution in [3.63, 3.8) is 0 Å². The predicted molar refractivity (Wildman–Crippen MR) is 68.6 cm³/mol. The van der Waals surface area contributed by atoms with E-state index in [0.717, 1.165) is 5.56 Å². The summed E-state index contributed by atoms with van der Waals surface area (Å²) in [7, 11) is -6.64. The highest BCUT2D eigenvalue weighted by atomic mass is 32.2. The number of sulfonamides is 1. The summed E-state index contributed by atoms with van der Waals surface area (Å²) in [5.41, 5.74) is 0.862. The maximum atomic E-state index is 12.3. The van der Waals surface area contributed by atoms with Crippen molar-refractivity contribution < 1.29 is 16.8 Å². The summed E-state index contributed by atoms with van der Waals surface area (Å²) >= 11 is 0. The number of aryl methyl sites for hydroxylation is 1. The van der Waals surface area contributed by atoms with E-state index in [1.165, 1.54) is 10.4 Å². The Morgan fingerprint density at radius 2 is 1.78 bits per heavy atom. The van der Waals surface area contributed by atoms with Crippen LogP contribution in [-0.2, 0) is 19.9 Å². The van der Waals surface area contributed by atoms with Crippen LogP contribution in [-0.4, -0.2) is 45.7 Å². The Morgan fingerprint density at radius 1 is 1.17 bits per heavy atom. The van der Waals surface area contributed by atoms with Crippen LogP contribution in [0.3, 0.4) is 0 Å². The highest BCUT2D eigenvalue weighted by Gasteiger charge is 2.30. The summed E-state index contributed by atoms with van der Waals surface area (Å²) in [5, 5.41) is 0. The van der Waals surface area contributed by atoms with E-state index in [9.17, 15) is 16.8 Å². The maximum Gasteiger partial charge on any atom is 0.243 e. The second-order valence-corrected chi connectivity index (χ2v) is 8.61. The summed E-state index contributed by atoms with van der Waals surface area (Å²) in [6.07, 6.45) is 0. The first-order valence-electron chi connectivity index (χ1n) is 5.58. The van der Waals surface area contributed by atoms with Crippen molar-refractivity contribution in [1.29, 1.82) is 0 Å². The van der Waals surface area contributed by atoms with Crippen LogP contribution in [0.15, 0.2) is 29.2 Å². The standard InChI is InChI=1S/C11H15NO4S2/c1-10-3-2-4-11(9-10)18(15,16)12-5-7-17(13,14)8-6-12/h2-4,9H,5-8H2,1H3. The van der Waals surface area contributed by atoms with E-state index in [1.807, 2.05) is 13.0 Å². The molecule has 1 aromatic carbocycles. The molecule has 0 aromatic heterocycles. The van der Waals surface area contributed by atoms with Gasteiger partial charge in [-0.1, -0.05) is 12.1 Å². The van der Waals surface area contributed by atoms with Crippen LogP contribution in [0.4, 0.5) is 0 Å². The van der Waals surface area contributed by atoms with Gasteiger partial charge in [-0.3, -0.25) is 0 Å². The van der Waals surface area contributed by atoms with E-state index < -0.39 is 19.9 Å². The number of nitrogens with zero attached hydrogens (tertiary/aromatic N) is 1. The SMILES string of the molecule is Cc1cccc(S(=O)(=O)N2CCS(=O)(=O)CC2)c1. The predicted octanol–water partition coefficient (Wildman–Crippen LogP) is 0.414. The second-order valence-electron chi connectivity index (χ2n) is 4.37. The summed E-state index contributed by atoms with van der Waals surface area (Å²) < 4.78 is 48.4. The number of hydrogen-bond donors (Lipinski definition) is 0. The largest absolute Gasteiger partial charge is 0.243 e. The van der Waals surface area contributed by atoms with Crippen LogP contribution in [0.5, 0.6) is 0 Å². The van der Waals surface area contributed by atoms with Crippen LogP contribution >= 0.6 is 0 Å². The van der Waals surface area contributed by atoms with Gasteiger partial charge >= 0.3 is 0 Å². The fourth-order valence-corrected chi connectivity index (χ4v) is 4.84. The summed E-state index contributed by atoms with van der Waals surface area (Å²) in [4.78, 5) is 0.224. The van der Waals surface area contributed by atoms with Crippen molar-refractivity contribution in [2.24, 2.45) is 0 Å². The fourth-order valence-electron chi connectivity index (χ4n) is 1.86. The van der Waals surface area contributed by atoms with Crippen LogP contribution in [0, 0.1) is 6.92 Å². The lowest BCUT2D eigenvalue weighted by Crippen LogP contribution is -2.43. The molecule has 5 nitrogen and oxygen atoms in total. The van der Waals surface area contributed by atoms with Gasteiger partial charge in [-0.2, -0.15) is 4.31 Å². The molecule has 1 aliphatic heterocycles. The molecule has 0 saturated carbocycles.